The zero-order chi connectivity index (χ0) is 12.4. The second-order valence-corrected chi connectivity index (χ2v) is 6.08. The van der Waals surface area contributed by atoms with Gasteiger partial charge in [-0.25, -0.2) is 0 Å². The molecule has 3 unspecified atom stereocenters. The molecular weight excluding hydrogens is 212 g/mol. The summed E-state index contributed by atoms with van der Waals surface area (Å²) in [6.45, 7) is 7.55. The molecule has 1 amide bonds. The van der Waals surface area contributed by atoms with Crippen molar-refractivity contribution in [2.45, 2.75) is 65.0 Å². The molecule has 2 aliphatic rings. The number of carbonyl (C=O) groups excluding carboxylic acids is 1. The van der Waals surface area contributed by atoms with E-state index in [9.17, 15) is 4.79 Å². The number of hydrogen-bond donors (Lipinski definition) is 1. The van der Waals surface area contributed by atoms with Crippen LogP contribution in [0.4, 0.5) is 0 Å². The van der Waals surface area contributed by atoms with Gasteiger partial charge in [0.05, 0.1) is 12.7 Å². The molecule has 1 N–H and O–H groups in total. The first kappa shape index (κ1) is 12.9. The van der Waals surface area contributed by atoms with E-state index in [1.807, 2.05) is 0 Å². The third kappa shape index (κ3) is 2.82. The summed E-state index contributed by atoms with van der Waals surface area (Å²) in [6, 6.07) is 0.572. The maximum Gasteiger partial charge on any atom is 0.241 e. The average molecular weight is 238 g/mol. The molecule has 3 nitrogen and oxygen atoms in total. The van der Waals surface area contributed by atoms with E-state index in [0.29, 0.717) is 11.9 Å². The zero-order valence-corrected chi connectivity index (χ0v) is 11.4. The molecule has 3 heteroatoms. The van der Waals surface area contributed by atoms with Crippen LogP contribution in [0.5, 0.6) is 0 Å². The standard InChI is InChI=1S/C14H26N2O/c1-4-5-13-14(17)16(9-15-13)12-7-10(2)6-11(3)8-12/h10-13,15H,4-9H2,1-3H3. The van der Waals surface area contributed by atoms with Crippen molar-refractivity contribution in [3.05, 3.63) is 0 Å². The fourth-order valence-electron chi connectivity index (χ4n) is 3.56. The van der Waals surface area contributed by atoms with Crippen molar-refractivity contribution < 1.29 is 4.79 Å². The third-order valence-electron chi connectivity index (χ3n) is 4.26. The van der Waals surface area contributed by atoms with E-state index >= 15 is 0 Å². The van der Waals surface area contributed by atoms with Crippen LogP contribution in [0.3, 0.4) is 0 Å². The van der Waals surface area contributed by atoms with Gasteiger partial charge in [0.2, 0.25) is 5.91 Å². The van der Waals surface area contributed by atoms with E-state index in [1.165, 1.54) is 19.3 Å². The predicted molar refractivity (Wildman–Crippen MR) is 69.5 cm³/mol. The minimum Gasteiger partial charge on any atom is -0.326 e. The number of hydrogen-bond acceptors (Lipinski definition) is 2. The second-order valence-electron chi connectivity index (χ2n) is 6.08. The Morgan fingerprint density at radius 1 is 1.24 bits per heavy atom. The molecule has 1 aliphatic heterocycles. The van der Waals surface area contributed by atoms with Gasteiger partial charge in [-0.2, -0.15) is 0 Å². The van der Waals surface area contributed by atoms with Gasteiger partial charge in [-0.1, -0.05) is 27.2 Å². The van der Waals surface area contributed by atoms with Crippen molar-refractivity contribution in [2.75, 3.05) is 6.67 Å². The quantitative estimate of drug-likeness (QED) is 0.818. The summed E-state index contributed by atoms with van der Waals surface area (Å²) in [5.74, 6) is 1.88. The zero-order valence-electron chi connectivity index (χ0n) is 11.4. The van der Waals surface area contributed by atoms with Gasteiger partial charge in [-0.05, 0) is 37.5 Å². The highest BCUT2D eigenvalue weighted by molar-refractivity contribution is 5.84. The maximum absolute atomic E-state index is 12.3. The lowest BCUT2D eigenvalue weighted by molar-refractivity contribution is -0.132. The maximum atomic E-state index is 12.3. The Balaban J connectivity index is 1.96. The van der Waals surface area contributed by atoms with E-state index in [0.717, 1.165) is 31.3 Å². The summed E-state index contributed by atoms with van der Waals surface area (Å²) in [6.07, 6.45) is 5.76. The first-order valence-electron chi connectivity index (χ1n) is 7.15. The fourth-order valence-corrected chi connectivity index (χ4v) is 3.56. The molecule has 17 heavy (non-hydrogen) atoms. The van der Waals surface area contributed by atoms with Crippen molar-refractivity contribution in [1.82, 2.24) is 10.2 Å². The molecule has 2 rings (SSSR count). The Bertz CT molecular complexity index is 269. The number of amides is 1. The first-order chi connectivity index (χ1) is 8.11. The van der Waals surface area contributed by atoms with Gasteiger partial charge in [-0.15, -0.1) is 0 Å². The molecule has 1 heterocycles. The summed E-state index contributed by atoms with van der Waals surface area (Å²) in [5, 5.41) is 3.36. The van der Waals surface area contributed by atoms with Crippen molar-refractivity contribution in [1.29, 1.82) is 0 Å². The monoisotopic (exact) mass is 238 g/mol. The molecule has 3 atom stereocenters. The summed E-state index contributed by atoms with van der Waals surface area (Å²) in [7, 11) is 0. The number of nitrogens with zero attached hydrogens (tertiary/aromatic N) is 1. The Morgan fingerprint density at radius 3 is 2.47 bits per heavy atom. The van der Waals surface area contributed by atoms with Crippen molar-refractivity contribution in [2.24, 2.45) is 11.8 Å². The highest BCUT2D eigenvalue weighted by Crippen LogP contribution is 2.32. The Hall–Kier alpha value is -0.570. The Labute approximate surface area is 105 Å². The molecule has 0 aromatic heterocycles. The van der Waals surface area contributed by atoms with Crippen LogP contribution in [0.1, 0.15) is 52.9 Å². The lowest BCUT2D eigenvalue weighted by Gasteiger charge is -2.36. The lowest BCUT2D eigenvalue weighted by Crippen LogP contribution is -2.42. The predicted octanol–water partition coefficient (Wildman–Crippen LogP) is 2.37. The molecule has 1 aliphatic carbocycles. The first-order valence-corrected chi connectivity index (χ1v) is 7.15. The van der Waals surface area contributed by atoms with Crippen LogP contribution in [0.2, 0.25) is 0 Å². The molecule has 0 bridgehead atoms. The summed E-state index contributed by atoms with van der Waals surface area (Å²) in [5.41, 5.74) is 0. The number of rotatable bonds is 3. The third-order valence-corrected chi connectivity index (χ3v) is 4.26. The molecule has 0 radical (unpaired) electrons. The molecule has 98 valence electrons. The average Bonchev–Trinajstić information content (AvgIpc) is 2.60. The minimum atomic E-state index is 0.0903. The van der Waals surface area contributed by atoms with Gasteiger partial charge in [0.1, 0.15) is 0 Å². The van der Waals surface area contributed by atoms with Crippen LogP contribution in [-0.2, 0) is 4.79 Å². The van der Waals surface area contributed by atoms with Crippen LogP contribution >= 0.6 is 0 Å². The fraction of sp³-hybridized carbons (Fsp3) is 0.929. The molecule has 0 spiro atoms. The van der Waals surface area contributed by atoms with Gasteiger partial charge < -0.3 is 4.90 Å². The normalized spacial score (nSPS) is 38.8. The molecule has 1 saturated heterocycles. The molecular formula is C14H26N2O. The van der Waals surface area contributed by atoms with Gasteiger partial charge in [0, 0.05) is 6.04 Å². The largest absolute Gasteiger partial charge is 0.326 e. The summed E-state index contributed by atoms with van der Waals surface area (Å²) in [4.78, 5) is 14.4. The summed E-state index contributed by atoms with van der Waals surface area (Å²) >= 11 is 0. The highest BCUT2D eigenvalue weighted by Gasteiger charge is 2.37. The van der Waals surface area contributed by atoms with E-state index < -0.39 is 0 Å². The Kier molecular flexibility index (Phi) is 4.08. The van der Waals surface area contributed by atoms with Gasteiger partial charge >= 0.3 is 0 Å². The summed E-state index contributed by atoms with van der Waals surface area (Å²) < 4.78 is 0. The van der Waals surface area contributed by atoms with Crippen molar-refractivity contribution in [3.8, 4) is 0 Å². The second kappa shape index (κ2) is 5.38. The van der Waals surface area contributed by atoms with Crippen molar-refractivity contribution >= 4 is 5.91 Å². The smallest absolute Gasteiger partial charge is 0.241 e. The van der Waals surface area contributed by atoms with E-state index in [2.05, 4.69) is 31.0 Å². The highest BCUT2D eigenvalue weighted by atomic mass is 16.2. The number of carbonyl (C=O) groups is 1. The van der Waals surface area contributed by atoms with Crippen LogP contribution in [0, 0.1) is 11.8 Å². The van der Waals surface area contributed by atoms with Gasteiger partial charge in [0.25, 0.3) is 0 Å². The number of nitrogens with one attached hydrogen (secondary N) is 1. The molecule has 1 saturated carbocycles. The molecule has 2 fully saturated rings. The molecule has 0 aromatic carbocycles. The Morgan fingerprint density at radius 2 is 1.88 bits per heavy atom. The van der Waals surface area contributed by atoms with Crippen LogP contribution in [0.15, 0.2) is 0 Å². The van der Waals surface area contributed by atoms with Gasteiger partial charge in [-0.3, -0.25) is 10.1 Å². The van der Waals surface area contributed by atoms with Gasteiger partial charge in [0.15, 0.2) is 0 Å². The SMILES string of the molecule is CCCC1NCN(C2CC(C)CC(C)C2)C1=O. The van der Waals surface area contributed by atoms with Crippen LogP contribution in [0.25, 0.3) is 0 Å². The van der Waals surface area contributed by atoms with E-state index in [-0.39, 0.29) is 6.04 Å². The molecule has 0 aromatic rings. The van der Waals surface area contributed by atoms with Crippen LogP contribution in [-0.4, -0.2) is 29.6 Å². The van der Waals surface area contributed by atoms with Crippen LogP contribution < -0.4 is 5.32 Å². The minimum absolute atomic E-state index is 0.0903. The van der Waals surface area contributed by atoms with E-state index in [4.69, 9.17) is 0 Å². The van der Waals surface area contributed by atoms with E-state index in [1.54, 1.807) is 0 Å². The topological polar surface area (TPSA) is 32.3 Å². The lowest BCUT2D eigenvalue weighted by atomic mass is 9.80. The van der Waals surface area contributed by atoms with Crippen molar-refractivity contribution in [3.63, 3.8) is 0 Å².